The standard InChI is InChI=1S/C41H29N3S/c1-24-21-26(3)35(22-25(24)2)41-43-42-40-34-11-5-4-9-31(34)36-23-29(19-20-37(36)44(40)41)27-15-17-28(18-16-27)30-12-8-13-33-32-10-6-7-14-38(32)45-39(30)33/h4-23H,1-3H3. The second-order valence-electron chi connectivity index (χ2n) is 12.1. The highest BCUT2D eigenvalue weighted by molar-refractivity contribution is 7.26. The van der Waals surface area contributed by atoms with Crippen LogP contribution in [0.1, 0.15) is 16.7 Å². The Morgan fingerprint density at radius 3 is 2.02 bits per heavy atom. The highest BCUT2D eigenvalue weighted by atomic mass is 32.1. The van der Waals surface area contributed by atoms with E-state index in [2.05, 4.69) is 146 Å². The van der Waals surface area contributed by atoms with Gasteiger partial charge in [0, 0.05) is 36.5 Å². The molecule has 214 valence electrons. The lowest BCUT2D eigenvalue weighted by molar-refractivity contribution is 1.11. The zero-order valence-corrected chi connectivity index (χ0v) is 26.1. The van der Waals surface area contributed by atoms with Crippen LogP contribution in [0.2, 0.25) is 0 Å². The molecular formula is C41H29N3S. The Labute approximate surface area is 265 Å². The maximum Gasteiger partial charge on any atom is 0.169 e. The van der Waals surface area contributed by atoms with Crippen LogP contribution in [0.4, 0.5) is 0 Å². The summed E-state index contributed by atoms with van der Waals surface area (Å²) in [5, 5.41) is 15.6. The van der Waals surface area contributed by atoms with E-state index in [-0.39, 0.29) is 0 Å². The highest BCUT2D eigenvalue weighted by Gasteiger charge is 2.18. The van der Waals surface area contributed by atoms with Crippen LogP contribution in [0, 0.1) is 20.8 Å². The molecule has 0 radical (unpaired) electrons. The summed E-state index contributed by atoms with van der Waals surface area (Å²) in [6.45, 7) is 6.49. The molecule has 3 aromatic heterocycles. The van der Waals surface area contributed by atoms with Gasteiger partial charge >= 0.3 is 0 Å². The molecule has 0 aliphatic carbocycles. The molecule has 45 heavy (non-hydrogen) atoms. The summed E-state index contributed by atoms with van der Waals surface area (Å²) in [5.74, 6) is 0.883. The number of thiophene rings is 1. The number of pyridine rings is 1. The van der Waals surface area contributed by atoms with Crippen LogP contribution >= 0.6 is 11.3 Å². The zero-order valence-electron chi connectivity index (χ0n) is 25.3. The van der Waals surface area contributed by atoms with Crippen LogP contribution in [-0.4, -0.2) is 14.6 Å². The molecule has 0 atom stereocenters. The second kappa shape index (κ2) is 9.85. The van der Waals surface area contributed by atoms with E-state index in [0.717, 1.165) is 27.9 Å². The second-order valence-corrected chi connectivity index (χ2v) is 13.1. The molecule has 0 N–H and O–H groups in total. The fourth-order valence-corrected chi connectivity index (χ4v) is 8.16. The van der Waals surface area contributed by atoms with Crippen molar-refractivity contribution in [2.75, 3.05) is 0 Å². The van der Waals surface area contributed by atoms with Gasteiger partial charge < -0.3 is 0 Å². The predicted octanol–water partition coefficient (Wildman–Crippen LogP) is 11.3. The molecule has 0 aliphatic heterocycles. The summed E-state index contributed by atoms with van der Waals surface area (Å²) in [6.07, 6.45) is 0. The van der Waals surface area contributed by atoms with E-state index in [0.29, 0.717) is 0 Å². The summed E-state index contributed by atoms with van der Waals surface area (Å²) >= 11 is 1.88. The van der Waals surface area contributed by atoms with Crippen molar-refractivity contribution in [2.24, 2.45) is 0 Å². The van der Waals surface area contributed by atoms with Gasteiger partial charge in [0.2, 0.25) is 0 Å². The van der Waals surface area contributed by atoms with Gasteiger partial charge in [-0.3, -0.25) is 4.40 Å². The lowest BCUT2D eigenvalue weighted by atomic mass is 9.97. The summed E-state index contributed by atoms with van der Waals surface area (Å²) in [4.78, 5) is 0. The first-order valence-electron chi connectivity index (χ1n) is 15.3. The fraction of sp³-hybridized carbons (Fsp3) is 0.0732. The molecule has 0 unspecified atom stereocenters. The number of benzene rings is 6. The number of rotatable bonds is 3. The van der Waals surface area contributed by atoms with Crippen LogP contribution < -0.4 is 0 Å². The van der Waals surface area contributed by atoms with E-state index in [1.165, 1.54) is 69.9 Å². The van der Waals surface area contributed by atoms with Crippen LogP contribution in [-0.2, 0) is 0 Å². The molecule has 3 nitrogen and oxygen atoms in total. The summed E-state index contributed by atoms with van der Waals surface area (Å²) < 4.78 is 4.92. The van der Waals surface area contributed by atoms with Crippen molar-refractivity contribution in [3.8, 4) is 33.6 Å². The number of hydrogen-bond donors (Lipinski definition) is 0. The minimum atomic E-state index is 0.883. The van der Waals surface area contributed by atoms with Gasteiger partial charge in [-0.2, -0.15) is 0 Å². The van der Waals surface area contributed by atoms with Gasteiger partial charge in [0.05, 0.1) is 5.52 Å². The molecule has 0 bridgehead atoms. The Morgan fingerprint density at radius 2 is 1.18 bits per heavy atom. The van der Waals surface area contributed by atoms with E-state index in [4.69, 9.17) is 10.2 Å². The van der Waals surface area contributed by atoms with Crippen molar-refractivity contribution < 1.29 is 0 Å². The number of aryl methyl sites for hydroxylation is 3. The normalized spacial score (nSPS) is 11.9. The monoisotopic (exact) mass is 595 g/mol. The number of fused-ring (bicyclic) bond motifs is 9. The third kappa shape index (κ3) is 3.96. The molecule has 0 amide bonds. The van der Waals surface area contributed by atoms with Crippen molar-refractivity contribution >= 4 is 58.8 Å². The fourth-order valence-electron chi connectivity index (χ4n) is 6.92. The minimum absolute atomic E-state index is 0.883. The van der Waals surface area contributed by atoms with Crippen molar-refractivity contribution in [3.63, 3.8) is 0 Å². The van der Waals surface area contributed by atoms with Gasteiger partial charge in [-0.1, -0.05) is 97.1 Å². The molecule has 9 aromatic rings. The first-order valence-corrected chi connectivity index (χ1v) is 16.2. The first-order chi connectivity index (χ1) is 22.0. The van der Waals surface area contributed by atoms with Crippen LogP contribution in [0.3, 0.4) is 0 Å². The molecule has 6 aromatic carbocycles. The van der Waals surface area contributed by atoms with Crippen molar-refractivity contribution in [1.82, 2.24) is 14.6 Å². The summed E-state index contributed by atoms with van der Waals surface area (Å²) in [5.41, 5.74) is 11.8. The topological polar surface area (TPSA) is 30.2 Å². The van der Waals surface area contributed by atoms with Crippen LogP contribution in [0.15, 0.2) is 121 Å². The van der Waals surface area contributed by atoms with E-state index in [9.17, 15) is 0 Å². The molecule has 9 rings (SSSR count). The third-order valence-electron chi connectivity index (χ3n) is 9.37. The largest absolute Gasteiger partial charge is 0.274 e. The molecule has 4 heteroatoms. The summed E-state index contributed by atoms with van der Waals surface area (Å²) in [7, 11) is 0. The number of nitrogens with zero attached hydrogens (tertiary/aromatic N) is 3. The van der Waals surface area contributed by atoms with Gasteiger partial charge in [-0.05, 0) is 89.4 Å². The molecule has 0 aliphatic rings. The molecule has 0 spiro atoms. The Hall–Kier alpha value is -5.32. The average molecular weight is 596 g/mol. The van der Waals surface area contributed by atoms with Gasteiger partial charge in [0.1, 0.15) is 0 Å². The predicted molar refractivity (Wildman–Crippen MR) is 191 cm³/mol. The van der Waals surface area contributed by atoms with E-state index in [1.807, 2.05) is 11.3 Å². The maximum absolute atomic E-state index is 4.77. The van der Waals surface area contributed by atoms with E-state index in [1.54, 1.807) is 0 Å². The highest BCUT2D eigenvalue weighted by Crippen LogP contribution is 2.41. The maximum atomic E-state index is 4.77. The Morgan fingerprint density at radius 1 is 0.489 bits per heavy atom. The molecular weight excluding hydrogens is 567 g/mol. The minimum Gasteiger partial charge on any atom is -0.274 e. The lowest BCUT2D eigenvalue weighted by Gasteiger charge is -2.13. The molecule has 0 saturated heterocycles. The first kappa shape index (κ1) is 26.1. The van der Waals surface area contributed by atoms with Gasteiger partial charge in [0.25, 0.3) is 0 Å². The van der Waals surface area contributed by atoms with Gasteiger partial charge in [-0.15, -0.1) is 21.5 Å². The quantitative estimate of drug-likeness (QED) is 0.190. The molecule has 0 fully saturated rings. The van der Waals surface area contributed by atoms with Crippen LogP contribution in [0.5, 0.6) is 0 Å². The van der Waals surface area contributed by atoms with Crippen molar-refractivity contribution in [3.05, 3.63) is 138 Å². The van der Waals surface area contributed by atoms with E-state index < -0.39 is 0 Å². The molecule has 3 heterocycles. The Bertz CT molecular complexity index is 2620. The average Bonchev–Trinajstić information content (AvgIpc) is 3.69. The van der Waals surface area contributed by atoms with E-state index >= 15 is 0 Å². The Balaban J connectivity index is 1.20. The van der Waals surface area contributed by atoms with Crippen LogP contribution in [0.25, 0.3) is 81.1 Å². The Kier molecular flexibility index (Phi) is 5.71. The summed E-state index contributed by atoms with van der Waals surface area (Å²) in [6, 6.07) is 44.2. The zero-order chi connectivity index (χ0) is 30.2. The third-order valence-corrected chi connectivity index (χ3v) is 10.6. The van der Waals surface area contributed by atoms with Gasteiger partial charge in [-0.25, -0.2) is 0 Å². The SMILES string of the molecule is Cc1cc(C)c(-c2nnc3c4ccccc4c4cc(-c5ccc(-c6cccc7c6sc6ccccc67)cc5)ccc4n23)cc1C. The number of hydrogen-bond acceptors (Lipinski definition) is 3. The lowest BCUT2D eigenvalue weighted by Crippen LogP contribution is -1.97. The van der Waals surface area contributed by atoms with Crippen molar-refractivity contribution in [2.45, 2.75) is 20.8 Å². The number of aromatic nitrogens is 3. The van der Waals surface area contributed by atoms with Crippen molar-refractivity contribution in [1.29, 1.82) is 0 Å². The van der Waals surface area contributed by atoms with Gasteiger partial charge in [0.15, 0.2) is 11.5 Å². The smallest absolute Gasteiger partial charge is 0.169 e. The molecule has 0 saturated carbocycles.